The van der Waals surface area contributed by atoms with Crippen molar-refractivity contribution in [2.75, 3.05) is 31.6 Å². The molecule has 1 aliphatic rings. The van der Waals surface area contributed by atoms with E-state index >= 15 is 0 Å². The van der Waals surface area contributed by atoms with Gasteiger partial charge in [-0.25, -0.2) is 0 Å². The quantitative estimate of drug-likeness (QED) is 0.731. The maximum atomic E-state index is 9.02. The summed E-state index contributed by atoms with van der Waals surface area (Å²) in [4.78, 5) is 2.49. The highest BCUT2D eigenvalue weighted by molar-refractivity contribution is 5.46. The number of nitrogens with one attached hydrogen (secondary N) is 1. The van der Waals surface area contributed by atoms with Crippen molar-refractivity contribution >= 4 is 5.69 Å². The third-order valence-corrected chi connectivity index (χ3v) is 5.17. The van der Waals surface area contributed by atoms with Crippen molar-refractivity contribution in [1.29, 1.82) is 0 Å². The third kappa shape index (κ3) is 5.72. The van der Waals surface area contributed by atoms with Crippen LogP contribution in [0.15, 0.2) is 48.5 Å². The highest BCUT2D eigenvalue weighted by atomic mass is 16.5. The maximum absolute atomic E-state index is 9.02. The van der Waals surface area contributed by atoms with E-state index < -0.39 is 0 Å². The van der Waals surface area contributed by atoms with Crippen LogP contribution in [-0.2, 0) is 6.54 Å². The Bertz CT molecular complexity index is 700. The molecule has 0 spiro atoms. The zero-order valence-corrected chi connectivity index (χ0v) is 16.5. The lowest BCUT2D eigenvalue weighted by molar-refractivity contribution is 0.189. The maximum Gasteiger partial charge on any atom is 0.123 e. The average Bonchev–Trinajstić information content (AvgIpc) is 2.68. The molecule has 4 nitrogen and oxygen atoms in total. The predicted molar refractivity (Wildman–Crippen MR) is 111 cm³/mol. The van der Waals surface area contributed by atoms with Gasteiger partial charge in [0, 0.05) is 30.4 Å². The largest absolute Gasteiger partial charge is 0.491 e. The highest BCUT2D eigenvalue weighted by Crippen LogP contribution is 2.24. The average molecular weight is 369 g/mol. The van der Waals surface area contributed by atoms with Gasteiger partial charge in [-0.05, 0) is 49.1 Å². The molecule has 0 aromatic heterocycles. The number of nitrogens with zero attached hydrogens (tertiary/aromatic N) is 1. The van der Waals surface area contributed by atoms with Crippen molar-refractivity contribution in [2.45, 2.75) is 45.2 Å². The molecule has 1 fully saturated rings. The summed E-state index contributed by atoms with van der Waals surface area (Å²) in [6.07, 6.45) is 2.40. The summed E-state index contributed by atoms with van der Waals surface area (Å²) >= 11 is 0. The minimum atomic E-state index is 0.0413. The molecule has 1 aliphatic heterocycles. The topological polar surface area (TPSA) is 44.7 Å². The Kier molecular flexibility index (Phi) is 7.13. The van der Waals surface area contributed by atoms with E-state index in [-0.39, 0.29) is 6.61 Å². The summed E-state index contributed by atoms with van der Waals surface area (Å²) in [5.74, 6) is 1.45. The Morgan fingerprint density at radius 2 is 1.93 bits per heavy atom. The molecule has 2 N–H and O–H groups in total. The van der Waals surface area contributed by atoms with Gasteiger partial charge in [0.25, 0.3) is 0 Å². The number of aliphatic hydroxyl groups is 1. The van der Waals surface area contributed by atoms with Gasteiger partial charge in [-0.15, -0.1) is 0 Å². The van der Waals surface area contributed by atoms with Gasteiger partial charge < -0.3 is 15.2 Å². The fraction of sp³-hybridized carbons (Fsp3) is 0.478. The molecule has 146 valence electrons. The molecule has 1 saturated heterocycles. The minimum Gasteiger partial charge on any atom is -0.491 e. The number of para-hydroxylation sites is 1. The number of piperidine rings is 1. The Hall–Kier alpha value is -2.04. The van der Waals surface area contributed by atoms with E-state index in [0.717, 1.165) is 25.4 Å². The second-order valence-electron chi connectivity index (χ2n) is 7.68. The van der Waals surface area contributed by atoms with Crippen LogP contribution in [0.2, 0.25) is 0 Å². The summed E-state index contributed by atoms with van der Waals surface area (Å²) in [5.41, 5.74) is 3.77. The van der Waals surface area contributed by atoms with Crippen molar-refractivity contribution < 1.29 is 9.84 Å². The summed E-state index contributed by atoms with van der Waals surface area (Å²) in [7, 11) is 0. The number of hydrogen-bond acceptors (Lipinski definition) is 4. The first kappa shape index (κ1) is 19.7. The highest BCUT2D eigenvalue weighted by Gasteiger charge is 2.20. The zero-order valence-electron chi connectivity index (χ0n) is 16.5. The normalized spacial score (nSPS) is 17.9. The first-order valence-corrected chi connectivity index (χ1v) is 10.1. The third-order valence-electron chi connectivity index (χ3n) is 5.17. The summed E-state index contributed by atoms with van der Waals surface area (Å²) in [6, 6.07) is 17.5. The van der Waals surface area contributed by atoms with Crippen LogP contribution in [0.25, 0.3) is 0 Å². The molecular weight excluding hydrogens is 336 g/mol. The van der Waals surface area contributed by atoms with Crippen LogP contribution >= 0.6 is 0 Å². The van der Waals surface area contributed by atoms with Gasteiger partial charge in [0.15, 0.2) is 0 Å². The number of ether oxygens (including phenoxy) is 1. The Morgan fingerprint density at radius 1 is 1.15 bits per heavy atom. The minimum absolute atomic E-state index is 0.0413. The van der Waals surface area contributed by atoms with Gasteiger partial charge in [0.05, 0.1) is 6.61 Å². The van der Waals surface area contributed by atoms with Gasteiger partial charge >= 0.3 is 0 Å². The summed E-state index contributed by atoms with van der Waals surface area (Å²) < 4.78 is 5.69. The van der Waals surface area contributed by atoms with E-state index in [1.807, 2.05) is 12.1 Å². The number of likely N-dealkylation sites (tertiary alicyclic amines) is 1. The first-order chi connectivity index (χ1) is 13.2. The monoisotopic (exact) mass is 368 g/mol. The number of hydrogen-bond donors (Lipinski definition) is 2. The van der Waals surface area contributed by atoms with Gasteiger partial charge in [0.1, 0.15) is 12.4 Å². The molecule has 2 aromatic rings. The van der Waals surface area contributed by atoms with Crippen LogP contribution in [0.4, 0.5) is 5.69 Å². The van der Waals surface area contributed by atoms with Crippen molar-refractivity contribution in [2.24, 2.45) is 0 Å². The van der Waals surface area contributed by atoms with Crippen LogP contribution in [0.1, 0.15) is 43.7 Å². The summed E-state index contributed by atoms with van der Waals surface area (Å²) in [5, 5.41) is 12.7. The van der Waals surface area contributed by atoms with Crippen molar-refractivity contribution in [3.8, 4) is 5.75 Å². The van der Waals surface area contributed by atoms with Gasteiger partial charge in [-0.1, -0.05) is 44.2 Å². The predicted octanol–water partition coefficient (Wildman–Crippen LogP) is 4.26. The molecule has 0 aliphatic carbocycles. The standard InChI is InChI=1S/C23H32N2O2/c1-18(2)19-9-11-21(12-10-19)24-22-7-5-13-25(17-22)16-20-6-3-4-8-23(20)27-15-14-26/h3-4,6,8-12,18,22,24,26H,5,7,13-17H2,1-2H3/t22-/m0/s1. The fourth-order valence-electron chi connectivity index (χ4n) is 3.69. The molecular formula is C23H32N2O2. The van der Waals surface area contributed by atoms with E-state index in [0.29, 0.717) is 18.6 Å². The second-order valence-corrected chi connectivity index (χ2v) is 7.68. The molecule has 1 heterocycles. The van der Waals surface area contributed by atoms with Crippen LogP contribution in [0, 0.1) is 0 Å². The lowest BCUT2D eigenvalue weighted by atomic mass is 10.0. The smallest absolute Gasteiger partial charge is 0.123 e. The van der Waals surface area contributed by atoms with Crippen molar-refractivity contribution in [1.82, 2.24) is 4.90 Å². The number of benzene rings is 2. The summed E-state index contributed by atoms with van der Waals surface area (Å²) in [6.45, 7) is 7.85. The fourth-order valence-corrected chi connectivity index (χ4v) is 3.69. The lowest BCUT2D eigenvalue weighted by Crippen LogP contribution is -2.41. The van der Waals surface area contributed by atoms with Gasteiger partial charge in [-0.2, -0.15) is 0 Å². The molecule has 1 atom stereocenters. The van der Waals surface area contributed by atoms with Crippen LogP contribution < -0.4 is 10.1 Å². The van der Waals surface area contributed by atoms with Crippen LogP contribution in [0.3, 0.4) is 0 Å². The molecule has 0 amide bonds. The number of anilines is 1. The van der Waals surface area contributed by atoms with Crippen LogP contribution in [-0.4, -0.2) is 42.4 Å². The van der Waals surface area contributed by atoms with Gasteiger partial charge in [0.2, 0.25) is 0 Å². The molecule has 0 bridgehead atoms. The van der Waals surface area contributed by atoms with Crippen LogP contribution in [0.5, 0.6) is 5.75 Å². The second kappa shape index (κ2) is 9.77. The molecule has 0 radical (unpaired) electrons. The molecule has 4 heteroatoms. The molecule has 2 aromatic carbocycles. The SMILES string of the molecule is CC(C)c1ccc(N[C@H]2CCCN(Cc3ccccc3OCCO)C2)cc1. The molecule has 3 rings (SSSR count). The van der Waals surface area contributed by atoms with E-state index in [2.05, 4.69) is 60.5 Å². The zero-order chi connectivity index (χ0) is 19.1. The van der Waals surface area contributed by atoms with Crippen molar-refractivity contribution in [3.63, 3.8) is 0 Å². The molecule has 27 heavy (non-hydrogen) atoms. The number of rotatable bonds is 8. The molecule has 0 unspecified atom stereocenters. The number of aliphatic hydroxyl groups excluding tert-OH is 1. The van der Waals surface area contributed by atoms with Gasteiger partial charge in [-0.3, -0.25) is 4.90 Å². The Morgan fingerprint density at radius 3 is 2.67 bits per heavy atom. The Labute approximate surface area is 163 Å². The van der Waals surface area contributed by atoms with Crippen molar-refractivity contribution in [3.05, 3.63) is 59.7 Å². The first-order valence-electron chi connectivity index (χ1n) is 10.1. The Balaban J connectivity index is 1.58. The van der Waals surface area contributed by atoms with E-state index in [1.54, 1.807) is 0 Å². The lowest BCUT2D eigenvalue weighted by Gasteiger charge is -2.34. The van der Waals surface area contributed by atoms with E-state index in [4.69, 9.17) is 9.84 Å². The molecule has 0 saturated carbocycles. The van der Waals surface area contributed by atoms with E-state index in [1.165, 1.54) is 29.7 Å². The van der Waals surface area contributed by atoms with E-state index in [9.17, 15) is 0 Å².